The van der Waals surface area contributed by atoms with Gasteiger partial charge in [0.25, 0.3) is 0 Å². The molecule has 0 aliphatic heterocycles. The highest BCUT2D eigenvalue weighted by molar-refractivity contribution is 8.00. The molecule has 0 radical (unpaired) electrons. The molecule has 0 saturated carbocycles. The summed E-state index contributed by atoms with van der Waals surface area (Å²) < 4.78 is 1.05. The minimum atomic E-state index is 0.131. The van der Waals surface area contributed by atoms with E-state index in [9.17, 15) is 4.79 Å². The molecule has 3 aromatic rings. The second-order valence-electron chi connectivity index (χ2n) is 4.58. The first-order valence-electron chi connectivity index (χ1n) is 6.71. The monoisotopic (exact) mass is 314 g/mol. The predicted octanol–water partition coefficient (Wildman–Crippen LogP) is 4.23. The van der Waals surface area contributed by atoms with Gasteiger partial charge in [-0.15, -0.1) is 11.3 Å². The zero-order valence-electron chi connectivity index (χ0n) is 11.6. The van der Waals surface area contributed by atoms with Crippen molar-refractivity contribution in [3.05, 3.63) is 53.2 Å². The minimum Gasteiger partial charge on any atom is -0.293 e. The number of benzene rings is 1. The second-order valence-corrected chi connectivity index (χ2v) is 6.46. The van der Waals surface area contributed by atoms with Gasteiger partial charge in [0.15, 0.2) is 5.78 Å². The lowest BCUT2D eigenvalue weighted by molar-refractivity contribution is 0.102. The molecule has 0 N–H and O–H groups in total. The minimum absolute atomic E-state index is 0.131. The van der Waals surface area contributed by atoms with E-state index in [2.05, 4.69) is 16.9 Å². The summed E-state index contributed by atoms with van der Waals surface area (Å²) in [6, 6.07) is 9.81. The molecular weight excluding hydrogens is 300 g/mol. The third-order valence-electron chi connectivity index (χ3n) is 3.23. The first-order chi connectivity index (χ1) is 10.3. The van der Waals surface area contributed by atoms with Gasteiger partial charge in [-0.2, -0.15) is 0 Å². The lowest BCUT2D eigenvalue weighted by Gasteiger charge is -2.03. The van der Waals surface area contributed by atoms with Gasteiger partial charge in [0, 0.05) is 5.56 Å². The number of carbonyl (C=O) groups excluding carboxylic acids is 1. The molecule has 5 heteroatoms. The lowest BCUT2D eigenvalue weighted by Crippen LogP contribution is -2.02. The average Bonchev–Trinajstić information content (AvgIpc) is 3.02. The Kier molecular flexibility index (Phi) is 4.31. The van der Waals surface area contributed by atoms with Crippen molar-refractivity contribution in [2.24, 2.45) is 0 Å². The number of fused-ring (bicyclic) bond motifs is 1. The van der Waals surface area contributed by atoms with E-state index >= 15 is 0 Å². The van der Waals surface area contributed by atoms with Crippen LogP contribution in [-0.4, -0.2) is 21.5 Å². The number of carbonyl (C=O) groups is 1. The normalized spacial score (nSPS) is 10.9. The molecule has 0 fully saturated rings. The van der Waals surface area contributed by atoms with Crippen LogP contribution in [0.5, 0.6) is 0 Å². The fraction of sp³-hybridized carbons (Fsp3) is 0.188. The van der Waals surface area contributed by atoms with Crippen LogP contribution in [0.2, 0.25) is 0 Å². The Hall–Kier alpha value is -1.72. The van der Waals surface area contributed by atoms with Crippen molar-refractivity contribution in [3.8, 4) is 0 Å². The molecule has 106 valence electrons. The molecule has 3 nitrogen and oxygen atoms in total. The quantitative estimate of drug-likeness (QED) is 0.401. The molecule has 0 saturated heterocycles. The molecule has 0 atom stereocenters. The van der Waals surface area contributed by atoms with Crippen molar-refractivity contribution in [1.29, 1.82) is 0 Å². The predicted molar refractivity (Wildman–Crippen MR) is 88.3 cm³/mol. The Morgan fingerprint density at radius 1 is 1.19 bits per heavy atom. The van der Waals surface area contributed by atoms with Crippen LogP contribution in [0.15, 0.2) is 47.1 Å². The zero-order chi connectivity index (χ0) is 14.7. The highest BCUT2D eigenvalue weighted by Crippen LogP contribution is 2.29. The van der Waals surface area contributed by atoms with Crippen LogP contribution in [0.3, 0.4) is 0 Å². The number of aromatic nitrogens is 2. The number of nitrogens with zero attached hydrogens (tertiary/aromatic N) is 2. The highest BCUT2D eigenvalue weighted by Gasteiger charge is 2.10. The van der Waals surface area contributed by atoms with Crippen molar-refractivity contribution in [3.63, 3.8) is 0 Å². The molecular formula is C16H14N2OS2. The SMILES string of the molecule is CCc1ccc(C(=O)CSc2ncnc3ccsc23)cc1. The molecule has 2 aromatic heterocycles. The smallest absolute Gasteiger partial charge is 0.173 e. The van der Waals surface area contributed by atoms with Crippen LogP contribution in [-0.2, 0) is 6.42 Å². The number of hydrogen-bond donors (Lipinski definition) is 0. The number of Topliss-reactive ketones (excluding diaryl/α,β-unsaturated/α-hetero) is 1. The summed E-state index contributed by atoms with van der Waals surface area (Å²) in [4.78, 5) is 20.7. The van der Waals surface area contributed by atoms with Crippen LogP contribution in [0.1, 0.15) is 22.8 Å². The van der Waals surface area contributed by atoms with E-state index in [0.717, 1.165) is 27.2 Å². The number of rotatable bonds is 5. The Labute approximate surface area is 131 Å². The number of ketones is 1. The summed E-state index contributed by atoms with van der Waals surface area (Å²) in [5, 5.41) is 2.88. The van der Waals surface area contributed by atoms with E-state index in [4.69, 9.17) is 0 Å². The third kappa shape index (κ3) is 3.14. The highest BCUT2D eigenvalue weighted by atomic mass is 32.2. The van der Waals surface area contributed by atoms with Gasteiger partial charge in [0.2, 0.25) is 0 Å². The molecule has 0 aliphatic carbocycles. The van der Waals surface area contributed by atoms with Gasteiger partial charge in [0.05, 0.1) is 16.0 Å². The van der Waals surface area contributed by atoms with E-state index in [1.165, 1.54) is 17.3 Å². The van der Waals surface area contributed by atoms with Gasteiger partial charge in [-0.3, -0.25) is 4.79 Å². The van der Waals surface area contributed by atoms with E-state index in [1.54, 1.807) is 17.7 Å². The van der Waals surface area contributed by atoms with Crippen molar-refractivity contribution in [1.82, 2.24) is 9.97 Å². The molecule has 0 amide bonds. The van der Waals surface area contributed by atoms with Crippen LogP contribution in [0, 0.1) is 0 Å². The average molecular weight is 314 g/mol. The van der Waals surface area contributed by atoms with Gasteiger partial charge in [-0.25, -0.2) is 9.97 Å². The number of hydrogen-bond acceptors (Lipinski definition) is 5. The van der Waals surface area contributed by atoms with Gasteiger partial charge in [0.1, 0.15) is 11.4 Å². The Balaban J connectivity index is 1.71. The molecule has 1 aromatic carbocycles. The standard InChI is InChI=1S/C16H14N2OS2/c1-2-11-3-5-12(6-4-11)14(19)9-21-16-15-13(7-8-20-15)17-10-18-16/h3-8,10H,2,9H2,1H3. The summed E-state index contributed by atoms with van der Waals surface area (Å²) in [5.41, 5.74) is 2.95. The fourth-order valence-corrected chi connectivity index (χ4v) is 3.85. The Morgan fingerprint density at radius 2 is 2.00 bits per heavy atom. The second kappa shape index (κ2) is 6.37. The van der Waals surface area contributed by atoms with Gasteiger partial charge >= 0.3 is 0 Å². The third-order valence-corrected chi connectivity index (χ3v) is 5.26. The maximum absolute atomic E-state index is 12.2. The van der Waals surface area contributed by atoms with E-state index in [-0.39, 0.29) is 5.78 Å². The molecule has 0 unspecified atom stereocenters. The van der Waals surface area contributed by atoms with E-state index < -0.39 is 0 Å². The van der Waals surface area contributed by atoms with Crippen LogP contribution < -0.4 is 0 Å². The topological polar surface area (TPSA) is 42.9 Å². The molecule has 3 rings (SSSR count). The maximum atomic E-state index is 12.2. The van der Waals surface area contributed by atoms with Gasteiger partial charge in [-0.1, -0.05) is 43.0 Å². The van der Waals surface area contributed by atoms with Crippen molar-refractivity contribution < 1.29 is 4.79 Å². The molecule has 0 aliphatic rings. The number of thioether (sulfide) groups is 1. The Morgan fingerprint density at radius 3 is 2.76 bits per heavy atom. The van der Waals surface area contributed by atoms with Crippen molar-refractivity contribution in [2.75, 3.05) is 5.75 Å². The zero-order valence-corrected chi connectivity index (χ0v) is 13.2. The van der Waals surface area contributed by atoms with Crippen molar-refractivity contribution >= 4 is 39.1 Å². The van der Waals surface area contributed by atoms with Gasteiger partial charge in [-0.05, 0) is 23.4 Å². The number of aryl methyl sites for hydroxylation is 1. The first-order valence-corrected chi connectivity index (χ1v) is 8.57. The summed E-state index contributed by atoms with van der Waals surface area (Å²) >= 11 is 3.09. The summed E-state index contributed by atoms with van der Waals surface area (Å²) in [7, 11) is 0. The number of thiophene rings is 1. The fourth-order valence-electron chi connectivity index (χ4n) is 2.01. The van der Waals surface area contributed by atoms with Crippen molar-refractivity contribution in [2.45, 2.75) is 18.4 Å². The van der Waals surface area contributed by atoms with Crippen LogP contribution in [0.25, 0.3) is 10.2 Å². The first kappa shape index (κ1) is 14.2. The van der Waals surface area contributed by atoms with E-state index in [1.807, 2.05) is 35.7 Å². The Bertz CT molecular complexity index is 765. The lowest BCUT2D eigenvalue weighted by atomic mass is 10.1. The molecule has 2 heterocycles. The maximum Gasteiger partial charge on any atom is 0.173 e. The largest absolute Gasteiger partial charge is 0.293 e. The van der Waals surface area contributed by atoms with Crippen LogP contribution in [0.4, 0.5) is 0 Å². The summed E-state index contributed by atoms with van der Waals surface area (Å²) in [6.07, 6.45) is 2.54. The molecule has 0 bridgehead atoms. The molecule has 0 spiro atoms. The van der Waals surface area contributed by atoms with E-state index in [0.29, 0.717) is 5.75 Å². The molecule has 21 heavy (non-hydrogen) atoms. The summed E-state index contributed by atoms with van der Waals surface area (Å²) in [5.74, 6) is 0.529. The van der Waals surface area contributed by atoms with Gasteiger partial charge < -0.3 is 0 Å². The summed E-state index contributed by atoms with van der Waals surface area (Å²) in [6.45, 7) is 2.11. The van der Waals surface area contributed by atoms with Crippen LogP contribution >= 0.6 is 23.1 Å².